The number of amides is 1. The molecule has 0 aromatic heterocycles. The molecule has 1 unspecified atom stereocenters. The molecule has 1 aliphatic carbocycles. The Hall–Kier alpha value is -1.59. The fourth-order valence-electron chi connectivity index (χ4n) is 4.23. The van der Waals surface area contributed by atoms with Crippen molar-refractivity contribution in [1.82, 2.24) is 9.80 Å². The van der Waals surface area contributed by atoms with E-state index in [1.807, 2.05) is 36.1 Å². The van der Waals surface area contributed by atoms with Crippen LogP contribution in [-0.2, 0) is 0 Å². The molecule has 5 nitrogen and oxygen atoms in total. The van der Waals surface area contributed by atoms with E-state index in [4.69, 9.17) is 4.74 Å². The third kappa shape index (κ3) is 4.98. The van der Waals surface area contributed by atoms with Crippen molar-refractivity contribution in [3.05, 3.63) is 29.8 Å². The van der Waals surface area contributed by atoms with E-state index in [2.05, 4.69) is 4.90 Å². The van der Waals surface area contributed by atoms with Gasteiger partial charge in [-0.1, -0.05) is 37.8 Å². The molecule has 1 aromatic rings. The molecule has 1 amide bonds. The number of nitrogens with zero attached hydrogens (tertiary/aromatic N) is 2. The molecule has 26 heavy (non-hydrogen) atoms. The van der Waals surface area contributed by atoms with Gasteiger partial charge in [0.2, 0.25) is 0 Å². The lowest BCUT2D eigenvalue weighted by Crippen LogP contribution is -2.50. The molecule has 2 aliphatic rings. The Bertz CT molecular complexity index is 578. The predicted octanol–water partition coefficient (Wildman–Crippen LogP) is 2.78. The second-order valence-electron chi connectivity index (χ2n) is 7.56. The van der Waals surface area contributed by atoms with Crippen LogP contribution in [0.15, 0.2) is 24.3 Å². The number of benzene rings is 1. The molecule has 144 valence electrons. The van der Waals surface area contributed by atoms with Crippen molar-refractivity contribution in [2.75, 3.05) is 39.3 Å². The highest BCUT2D eigenvalue weighted by Crippen LogP contribution is 2.28. The maximum Gasteiger partial charge on any atom is 0.257 e. The number of hydrogen-bond donors (Lipinski definition) is 1. The first-order valence-corrected chi connectivity index (χ1v) is 10.1. The molecule has 1 atom stereocenters. The standard InChI is InChI=1S/C21H32N2O3/c1-2-26-20-10-6-5-9-19(20)21(25)23-13-11-22(12-14-23)16-18(24)15-17-7-3-4-8-17/h5-6,9-10,17-18,24H,2-4,7-8,11-16H2,1H3. The quantitative estimate of drug-likeness (QED) is 0.812. The maximum atomic E-state index is 12.8. The molecule has 0 radical (unpaired) electrons. The van der Waals surface area contributed by atoms with Gasteiger partial charge in [0, 0.05) is 32.7 Å². The van der Waals surface area contributed by atoms with E-state index < -0.39 is 0 Å². The third-order valence-corrected chi connectivity index (χ3v) is 5.63. The van der Waals surface area contributed by atoms with Crippen LogP contribution in [0.5, 0.6) is 5.75 Å². The fourth-order valence-corrected chi connectivity index (χ4v) is 4.23. The summed E-state index contributed by atoms with van der Waals surface area (Å²) in [6, 6.07) is 7.47. The lowest BCUT2D eigenvalue weighted by Gasteiger charge is -2.36. The van der Waals surface area contributed by atoms with Crippen LogP contribution in [0.4, 0.5) is 0 Å². The van der Waals surface area contributed by atoms with Gasteiger partial charge in [-0.05, 0) is 31.4 Å². The van der Waals surface area contributed by atoms with Gasteiger partial charge in [0.05, 0.1) is 18.3 Å². The minimum atomic E-state index is -0.237. The molecule has 0 spiro atoms. The highest BCUT2D eigenvalue weighted by molar-refractivity contribution is 5.97. The van der Waals surface area contributed by atoms with Gasteiger partial charge in [-0.25, -0.2) is 0 Å². The summed E-state index contributed by atoms with van der Waals surface area (Å²) in [5, 5.41) is 10.4. The van der Waals surface area contributed by atoms with Gasteiger partial charge in [-0.2, -0.15) is 0 Å². The van der Waals surface area contributed by atoms with Crippen molar-refractivity contribution in [2.24, 2.45) is 5.92 Å². The molecule has 1 saturated carbocycles. The lowest BCUT2D eigenvalue weighted by atomic mass is 9.99. The molecule has 1 aromatic carbocycles. The summed E-state index contributed by atoms with van der Waals surface area (Å²) in [5.74, 6) is 1.41. The number of piperazine rings is 1. The Kier molecular flexibility index (Phi) is 6.92. The molecule has 3 rings (SSSR count). The Morgan fingerprint density at radius 3 is 2.58 bits per heavy atom. The third-order valence-electron chi connectivity index (χ3n) is 5.63. The van der Waals surface area contributed by atoms with Crippen LogP contribution < -0.4 is 4.74 Å². The number of hydrogen-bond acceptors (Lipinski definition) is 4. The van der Waals surface area contributed by atoms with E-state index in [9.17, 15) is 9.90 Å². The van der Waals surface area contributed by atoms with Crippen molar-refractivity contribution in [2.45, 2.75) is 45.1 Å². The molecule has 5 heteroatoms. The van der Waals surface area contributed by atoms with E-state index in [0.717, 1.165) is 26.1 Å². The number of aliphatic hydroxyl groups is 1. The van der Waals surface area contributed by atoms with Gasteiger partial charge in [-0.15, -0.1) is 0 Å². The summed E-state index contributed by atoms with van der Waals surface area (Å²) in [7, 11) is 0. The molecule has 1 heterocycles. The van der Waals surface area contributed by atoms with Crippen molar-refractivity contribution in [1.29, 1.82) is 0 Å². The first-order valence-electron chi connectivity index (χ1n) is 10.1. The van der Waals surface area contributed by atoms with Crippen LogP contribution in [0, 0.1) is 5.92 Å². The van der Waals surface area contributed by atoms with Gasteiger partial charge in [0.15, 0.2) is 0 Å². The number of carbonyl (C=O) groups excluding carboxylic acids is 1. The molecule has 1 saturated heterocycles. The van der Waals surface area contributed by atoms with E-state index in [0.29, 0.717) is 36.9 Å². The number of para-hydroxylation sites is 1. The summed E-state index contributed by atoms with van der Waals surface area (Å²) in [6.07, 6.45) is 5.89. The van der Waals surface area contributed by atoms with Crippen LogP contribution in [0.3, 0.4) is 0 Å². The Labute approximate surface area is 156 Å². The second-order valence-corrected chi connectivity index (χ2v) is 7.56. The number of aliphatic hydroxyl groups excluding tert-OH is 1. The van der Waals surface area contributed by atoms with Gasteiger partial charge in [-0.3, -0.25) is 9.69 Å². The van der Waals surface area contributed by atoms with Crippen molar-refractivity contribution >= 4 is 5.91 Å². The summed E-state index contributed by atoms with van der Waals surface area (Å²) in [6.45, 7) is 6.27. The van der Waals surface area contributed by atoms with Crippen LogP contribution >= 0.6 is 0 Å². The molecular weight excluding hydrogens is 328 g/mol. The van der Waals surface area contributed by atoms with Gasteiger partial charge >= 0.3 is 0 Å². The summed E-state index contributed by atoms with van der Waals surface area (Å²) in [4.78, 5) is 17.0. The highest BCUT2D eigenvalue weighted by Gasteiger charge is 2.26. The van der Waals surface area contributed by atoms with E-state index in [1.54, 1.807) is 0 Å². The number of β-amino-alcohol motifs (C(OH)–C–C–N with tert-alkyl or cyclic N) is 1. The molecule has 2 fully saturated rings. The predicted molar refractivity (Wildman–Crippen MR) is 103 cm³/mol. The lowest BCUT2D eigenvalue weighted by molar-refractivity contribution is 0.0480. The highest BCUT2D eigenvalue weighted by atomic mass is 16.5. The first-order chi connectivity index (χ1) is 12.7. The monoisotopic (exact) mass is 360 g/mol. The number of carbonyl (C=O) groups is 1. The number of rotatable bonds is 7. The SMILES string of the molecule is CCOc1ccccc1C(=O)N1CCN(CC(O)CC2CCCC2)CC1. The zero-order valence-electron chi connectivity index (χ0n) is 15.9. The zero-order valence-corrected chi connectivity index (χ0v) is 15.9. The minimum Gasteiger partial charge on any atom is -0.493 e. The molecule has 0 bridgehead atoms. The van der Waals surface area contributed by atoms with Crippen molar-refractivity contribution < 1.29 is 14.6 Å². The smallest absolute Gasteiger partial charge is 0.257 e. The Morgan fingerprint density at radius 1 is 1.19 bits per heavy atom. The maximum absolute atomic E-state index is 12.8. The van der Waals surface area contributed by atoms with Crippen LogP contribution in [-0.4, -0.2) is 66.2 Å². The van der Waals surface area contributed by atoms with Crippen molar-refractivity contribution in [3.8, 4) is 5.75 Å². The number of ether oxygens (including phenoxy) is 1. The average Bonchev–Trinajstić information content (AvgIpc) is 3.15. The zero-order chi connectivity index (χ0) is 18.4. The van der Waals surface area contributed by atoms with E-state index in [-0.39, 0.29) is 12.0 Å². The summed E-state index contributed by atoms with van der Waals surface area (Å²) in [5.41, 5.74) is 0.643. The molecule has 1 N–H and O–H groups in total. The van der Waals surface area contributed by atoms with Gasteiger partial charge in [0.25, 0.3) is 5.91 Å². The average molecular weight is 360 g/mol. The minimum absolute atomic E-state index is 0.0419. The van der Waals surface area contributed by atoms with Crippen LogP contribution in [0.1, 0.15) is 49.4 Å². The summed E-state index contributed by atoms with van der Waals surface area (Å²) < 4.78 is 5.59. The van der Waals surface area contributed by atoms with E-state index in [1.165, 1.54) is 25.7 Å². The normalized spacial score (nSPS) is 20.3. The fraction of sp³-hybridized carbons (Fsp3) is 0.667. The first kappa shape index (κ1) is 19.2. The largest absolute Gasteiger partial charge is 0.493 e. The summed E-state index contributed by atoms with van der Waals surface area (Å²) >= 11 is 0. The molecular formula is C21H32N2O3. The second kappa shape index (κ2) is 9.38. The van der Waals surface area contributed by atoms with Crippen molar-refractivity contribution in [3.63, 3.8) is 0 Å². The van der Waals surface area contributed by atoms with Gasteiger partial charge in [0.1, 0.15) is 5.75 Å². The Balaban J connectivity index is 1.48. The molecule has 1 aliphatic heterocycles. The van der Waals surface area contributed by atoms with Crippen LogP contribution in [0.2, 0.25) is 0 Å². The van der Waals surface area contributed by atoms with Crippen LogP contribution in [0.25, 0.3) is 0 Å². The topological polar surface area (TPSA) is 53.0 Å². The van der Waals surface area contributed by atoms with E-state index >= 15 is 0 Å². The van der Waals surface area contributed by atoms with Gasteiger partial charge < -0.3 is 14.7 Å². The Morgan fingerprint density at radius 2 is 1.88 bits per heavy atom.